The van der Waals surface area contributed by atoms with E-state index in [4.69, 9.17) is 14.9 Å². The Morgan fingerprint density at radius 3 is 1.64 bits per heavy atom. The van der Waals surface area contributed by atoms with Crippen LogP contribution in [0.25, 0.3) is 0 Å². The molecule has 0 heterocycles. The third kappa shape index (κ3) is 8.76. The van der Waals surface area contributed by atoms with Crippen LogP contribution in [-0.4, -0.2) is 65.5 Å². The van der Waals surface area contributed by atoms with Crippen molar-refractivity contribution in [1.82, 2.24) is 0 Å². The average Bonchev–Trinajstić information content (AvgIpc) is 2.82. The molecule has 0 bridgehead atoms. The van der Waals surface area contributed by atoms with Crippen LogP contribution in [0.2, 0.25) is 0 Å². The van der Waals surface area contributed by atoms with Gasteiger partial charge in [-0.3, -0.25) is 19.7 Å². The molecule has 13 nitrogen and oxygen atoms in total. The van der Waals surface area contributed by atoms with Gasteiger partial charge in [0.15, 0.2) is 0 Å². The fourth-order valence-electron chi connectivity index (χ4n) is 2.47. The maximum Gasteiger partial charge on any atom is 0.471 e. The molecule has 0 aliphatic carbocycles. The van der Waals surface area contributed by atoms with E-state index in [9.17, 15) is 55.6 Å². The van der Waals surface area contributed by atoms with Gasteiger partial charge in [-0.1, -0.05) is 0 Å². The normalized spacial score (nSPS) is 10.9. The lowest BCUT2D eigenvalue weighted by Crippen LogP contribution is -2.30. The zero-order valence-electron chi connectivity index (χ0n) is 19.3. The molecule has 0 radical (unpaired) electrons. The monoisotopic (exact) mass is 571 g/mol. The fourth-order valence-corrected chi connectivity index (χ4v) is 2.47. The van der Waals surface area contributed by atoms with Crippen LogP contribution in [0.5, 0.6) is 11.5 Å². The number of carbonyl (C=O) groups excluding carboxylic acids is 2. The molecule has 2 aromatic carbocycles. The van der Waals surface area contributed by atoms with Crippen LogP contribution < -0.4 is 20.1 Å². The summed E-state index contributed by atoms with van der Waals surface area (Å²) in [6.07, 6.45) is -10.2. The van der Waals surface area contributed by atoms with Gasteiger partial charge in [0.05, 0.1) is 36.1 Å². The van der Waals surface area contributed by atoms with Crippen LogP contribution in [0.3, 0.4) is 0 Å². The number of hydrogen-bond donors (Lipinski definition) is 4. The largest absolute Gasteiger partial charge is 0.495 e. The molecule has 0 unspecified atom stereocenters. The van der Waals surface area contributed by atoms with Crippen molar-refractivity contribution in [3.8, 4) is 11.5 Å². The summed E-state index contributed by atoms with van der Waals surface area (Å²) in [4.78, 5) is 52.7. The first kappa shape index (κ1) is 31.9. The van der Waals surface area contributed by atoms with Gasteiger partial charge in [0.25, 0.3) is 5.69 Å². The number of amides is 2. The smallest absolute Gasteiger partial charge is 0.471 e. The number of nitro benzene ring substituents is 1. The maximum absolute atomic E-state index is 12.2. The van der Waals surface area contributed by atoms with E-state index < -0.39 is 63.7 Å². The number of nitrogens with zero attached hydrogens (tertiary/aromatic N) is 1. The van der Waals surface area contributed by atoms with Crippen LogP contribution in [0.4, 0.5) is 43.4 Å². The minimum absolute atomic E-state index is 0.170. The zero-order chi connectivity index (χ0) is 30.3. The van der Waals surface area contributed by atoms with E-state index in [1.165, 1.54) is 5.32 Å². The van der Waals surface area contributed by atoms with E-state index in [-0.39, 0.29) is 17.0 Å². The average molecular weight is 571 g/mol. The molecule has 0 atom stereocenters. The van der Waals surface area contributed by atoms with Crippen molar-refractivity contribution in [2.24, 2.45) is 0 Å². The lowest BCUT2D eigenvalue weighted by atomic mass is 10.1. The van der Waals surface area contributed by atoms with E-state index in [0.717, 1.165) is 32.4 Å². The van der Waals surface area contributed by atoms with Gasteiger partial charge in [-0.15, -0.1) is 0 Å². The van der Waals surface area contributed by atoms with E-state index in [1.54, 1.807) is 5.32 Å². The summed E-state index contributed by atoms with van der Waals surface area (Å²) in [5, 5.41) is 31.2. The molecular formula is C20H15F6N3O10. The fraction of sp³-hybridized carbons (Fsp3) is 0.200. The minimum atomic E-state index is -5.22. The molecule has 4 N–H and O–H groups in total. The molecular weight excluding hydrogens is 556 g/mol. The summed E-state index contributed by atoms with van der Waals surface area (Å²) >= 11 is 0. The first-order valence-corrected chi connectivity index (χ1v) is 9.60. The van der Waals surface area contributed by atoms with Gasteiger partial charge in [0.2, 0.25) is 0 Å². The summed E-state index contributed by atoms with van der Waals surface area (Å²) in [7, 11) is 2.14. The Labute approximate surface area is 212 Å². The van der Waals surface area contributed by atoms with E-state index in [1.807, 2.05) is 0 Å². The molecule has 39 heavy (non-hydrogen) atoms. The number of nitrogens with one attached hydrogen (secondary N) is 2. The Hall–Kier alpha value is -5.10. The number of nitro groups is 1. The summed E-state index contributed by atoms with van der Waals surface area (Å²) in [6.45, 7) is 0. The van der Waals surface area contributed by atoms with Gasteiger partial charge in [-0.2, -0.15) is 26.3 Å². The molecule has 2 aromatic rings. The Morgan fingerprint density at radius 1 is 0.795 bits per heavy atom. The van der Waals surface area contributed by atoms with Crippen LogP contribution in [0, 0.1) is 10.1 Å². The first-order chi connectivity index (χ1) is 17.8. The van der Waals surface area contributed by atoms with Crippen molar-refractivity contribution in [2.45, 2.75) is 12.4 Å². The van der Waals surface area contributed by atoms with Gasteiger partial charge in [0, 0.05) is 12.1 Å². The number of alkyl halides is 6. The Kier molecular flexibility index (Phi) is 10.2. The van der Waals surface area contributed by atoms with Gasteiger partial charge >= 0.3 is 36.1 Å². The number of carboxylic acids is 2. The lowest BCUT2D eigenvalue weighted by molar-refractivity contribution is -0.385. The molecule has 0 spiro atoms. The number of halogens is 6. The second kappa shape index (κ2) is 12.4. The Morgan fingerprint density at radius 2 is 1.26 bits per heavy atom. The highest BCUT2D eigenvalue weighted by molar-refractivity contribution is 5.99. The number of anilines is 2. The number of rotatable bonds is 7. The van der Waals surface area contributed by atoms with Crippen molar-refractivity contribution >= 4 is 40.8 Å². The molecule has 0 saturated heterocycles. The molecule has 0 fully saturated rings. The van der Waals surface area contributed by atoms with Crippen LogP contribution >= 0.6 is 0 Å². The topological polar surface area (TPSA) is 194 Å². The Bertz CT molecular complexity index is 1290. The molecule has 0 aliphatic heterocycles. The third-order valence-electron chi connectivity index (χ3n) is 4.20. The second-order valence-electron chi connectivity index (χ2n) is 6.76. The van der Waals surface area contributed by atoms with E-state index in [2.05, 4.69) is 4.74 Å². The summed E-state index contributed by atoms with van der Waals surface area (Å²) in [5.41, 5.74) is -2.87. The molecule has 212 valence electrons. The predicted molar refractivity (Wildman–Crippen MR) is 116 cm³/mol. The molecule has 0 aromatic heterocycles. The summed E-state index contributed by atoms with van der Waals surface area (Å²) in [6, 6.07) is 4.20. The van der Waals surface area contributed by atoms with Gasteiger partial charge in [0.1, 0.15) is 17.1 Å². The highest BCUT2D eigenvalue weighted by atomic mass is 19.4. The van der Waals surface area contributed by atoms with Crippen LogP contribution in [0.1, 0.15) is 20.7 Å². The number of ether oxygens (including phenoxy) is 2. The van der Waals surface area contributed by atoms with Crippen molar-refractivity contribution < 1.29 is 70.1 Å². The summed E-state index contributed by atoms with van der Waals surface area (Å²) < 4.78 is 81.9. The zero-order valence-corrected chi connectivity index (χ0v) is 19.3. The van der Waals surface area contributed by atoms with Gasteiger partial charge < -0.3 is 30.3 Å². The number of carbonyl (C=O) groups is 4. The minimum Gasteiger partial charge on any atom is -0.495 e. The SMILES string of the molecule is COc1cc(C(=O)O)c([N+](=O)[O-])cc1NC(=O)C(F)(F)F.COc1cc(C(=O)O)ccc1NC(=O)C(F)(F)F. The highest BCUT2D eigenvalue weighted by Gasteiger charge is 2.40. The van der Waals surface area contributed by atoms with Crippen LogP contribution in [-0.2, 0) is 9.59 Å². The lowest BCUT2D eigenvalue weighted by Gasteiger charge is -2.12. The summed E-state index contributed by atoms with van der Waals surface area (Å²) in [5.74, 6) is -8.11. The van der Waals surface area contributed by atoms with Crippen molar-refractivity contribution in [2.75, 3.05) is 24.9 Å². The quantitative estimate of drug-likeness (QED) is 0.216. The van der Waals surface area contributed by atoms with Crippen molar-refractivity contribution in [1.29, 1.82) is 0 Å². The highest BCUT2D eigenvalue weighted by Crippen LogP contribution is 2.34. The standard InChI is InChI=1S/C10H7F3N2O6.C10H8F3NO4/c1-21-7-2-4(8(16)17)6(15(19)20)3-5(7)14-9(18)10(11,12)13;1-18-7-4-5(8(15)16)2-3-6(7)14-9(17)10(11,12)13/h2-3H,1H3,(H,14,18)(H,16,17);2-4H,1H3,(H,14,17)(H,15,16). The number of methoxy groups -OCH3 is 2. The van der Waals surface area contributed by atoms with Crippen molar-refractivity contribution in [3.05, 3.63) is 51.6 Å². The molecule has 0 aliphatic rings. The Balaban J connectivity index is 0.000000395. The van der Waals surface area contributed by atoms with Gasteiger partial charge in [-0.25, -0.2) is 9.59 Å². The third-order valence-corrected chi connectivity index (χ3v) is 4.20. The van der Waals surface area contributed by atoms with Gasteiger partial charge in [-0.05, 0) is 18.2 Å². The van der Waals surface area contributed by atoms with E-state index >= 15 is 0 Å². The predicted octanol–water partition coefficient (Wildman–Crippen LogP) is 3.70. The van der Waals surface area contributed by atoms with E-state index in [0.29, 0.717) is 12.1 Å². The van der Waals surface area contributed by atoms with Crippen molar-refractivity contribution in [3.63, 3.8) is 0 Å². The molecule has 2 amide bonds. The first-order valence-electron chi connectivity index (χ1n) is 9.60. The number of carboxylic acid groups (broad SMARTS) is 2. The molecule has 0 saturated carbocycles. The maximum atomic E-state index is 12.2. The number of benzene rings is 2. The number of hydrogen-bond acceptors (Lipinski definition) is 8. The van der Waals surface area contributed by atoms with Crippen LogP contribution in [0.15, 0.2) is 30.3 Å². The molecule has 2 rings (SSSR count). The molecule has 19 heteroatoms. The number of aromatic carboxylic acids is 2. The second-order valence-corrected chi connectivity index (χ2v) is 6.76.